The Labute approximate surface area is 99.0 Å². The molecule has 0 atom stereocenters. The van der Waals surface area contributed by atoms with E-state index in [9.17, 15) is 9.18 Å². The van der Waals surface area contributed by atoms with E-state index in [4.69, 9.17) is 16.7 Å². The van der Waals surface area contributed by atoms with Crippen LogP contribution < -0.4 is 0 Å². The standard InChI is InChI=1S/C12H14ClFO2/c1-12(2,14)9-5-3-8(10(13)7-9)4-6-11(15)16/h3,5,7H,4,6H2,1-2H3,(H,15,16). The largest absolute Gasteiger partial charge is 0.481 e. The van der Waals surface area contributed by atoms with Crippen molar-refractivity contribution in [1.29, 1.82) is 0 Å². The number of hydrogen-bond donors (Lipinski definition) is 1. The van der Waals surface area contributed by atoms with Crippen molar-refractivity contribution in [2.45, 2.75) is 32.4 Å². The normalized spacial score (nSPS) is 11.5. The number of aryl methyl sites for hydroxylation is 1. The Bertz CT molecular complexity index is 396. The van der Waals surface area contributed by atoms with Crippen LogP contribution in [0.15, 0.2) is 18.2 Å². The second-order valence-corrected chi connectivity index (χ2v) is 4.58. The van der Waals surface area contributed by atoms with Gasteiger partial charge in [0.2, 0.25) is 0 Å². The first-order valence-electron chi connectivity index (χ1n) is 5.00. The number of aliphatic carboxylic acids is 1. The van der Waals surface area contributed by atoms with Crippen molar-refractivity contribution in [3.8, 4) is 0 Å². The third-order valence-corrected chi connectivity index (χ3v) is 2.70. The maximum absolute atomic E-state index is 13.6. The van der Waals surface area contributed by atoms with Gasteiger partial charge in [0.05, 0.1) is 0 Å². The molecule has 0 bridgehead atoms. The van der Waals surface area contributed by atoms with E-state index in [2.05, 4.69) is 0 Å². The Balaban J connectivity index is 2.88. The van der Waals surface area contributed by atoms with Gasteiger partial charge in [-0.2, -0.15) is 0 Å². The Morgan fingerprint density at radius 3 is 2.56 bits per heavy atom. The molecule has 1 rings (SSSR count). The minimum atomic E-state index is -1.44. The fraction of sp³-hybridized carbons (Fsp3) is 0.417. The molecule has 0 aliphatic carbocycles. The zero-order valence-electron chi connectivity index (χ0n) is 9.26. The molecule has 2 nitrogen and oxygen atoms in total. The maximum atomic E-state index is 13.6. The van der Waals surface area contributed by atoms with Gasteiger partial charge in [0.1, 0.15) is 5.67 Å². The molecule has 0 heterocycles. The van der Waals surface area contributed by atoms with Crippen molar-refractivity contribution in [1.82, 2.24) is 0 Å². The molecule has 0 aliphatic heterocycles. The van der Waals surface area contributed by atoms with E-state index < -0.39 is 11.6 Å². The molecule has 16 heavy (non-hydrogen) atoms. The monoisotopic (exact) mass is 244 g/mol. The van der Waals surface area contributed by atoms with E-state index in [1.807, 2.05) is 0 Å². The minimum absolute atomic E-state index is 0.0259. The summed E-state index contributed by atoms with van der Waals surface area (Å²) >= 11 is 5.96. The van der Waals surface area contributed by atoms with E-state index in [0.29, 0.717) is 17.0 Å². The zero-order valence-corrected chi connectivity index (χ0v) is 10.0. The second kappa shape index (κ2) is 4.83. The molecular weight excluding hydrogens is 231 g/mol. The molecule has 0 radical (unpaired) electrons. The van der Waals surface area contributed by atoms with Crippen LogP contribution in [0.4, 0.5) is 4.39 Å². The molecule has 88 valence electrons. The van der Waals surface area contributed by atoms with Gasteiger partial charge in [-0.25, -0.2) is 4.39 Å². The highest BCUT2D eigenvalue weighted by molar-refractivity contribution is 6.31. The molecule has 0 aliphatic rings. The first kappa shape index (κ1) is 13.0. The van der Waals surface area contributed by atoms with Crippen molar-refractivity contribution in [3.05, 3.63) is 34.3 Å². The third-order valence-electron chi connectivity index (χ3n) is 2.35. The molecular formula is C12H14ClFO2. The number of carbonyl (C=O) groups is 1. The number of halogens is 2. The van der Waals surface area contributed by atoms with Crippen molar-refractivity contribution in [2.75, 3.05) is 0 Å². The summed E-state index contributed by atoms with van der Waals surface area (Å²) in [5.41, 5.74) is -0.205. The zero-order chi connectivity index (χ0) is 12.3. The van der Waals surface area contributed by atoms with Gasteiger partial charge in [0, 0.05) is 11.4 Å². The Hall–Kier alpha value is -1.09. The van der Waals surface area contributed by atoms with Crippen LogP contribution in [0.5, 0.6) is 0 Å². The van der Waals surface area contributed by atoms with Gasteiger partial charge >= 0.3 is 5.97 Å². The molecule has 1 aromatic carbocycles. The highest BCUT2D eigenvalue weighted by Crippen LogP contribution is 2.29. The molecule has 0 amide bonds. The predicted molar refractivity (Wildman–Crippen MR) is 61.5 cm³/mol. The molecule has 0 spiro atoms. The summed E-state index contributed by atoms with van der Waals surface area (Å²) in [6, 6.07) is 4.88. The lowest BCUT2D eigenvalue weighted by Gasteiger charge is -2.15. The number of rotatable bonds is 4. The minimum Gasteiger partial charge on any atom is -0.481 e. The highest BCUT2D eigenvalue weighted by Gasteiger charge is 2.19. The maximum Gasteiger partial charge on any atom is 0.303 e. The number of carboxylic acids is 1. The Kier molecular flexibility index (Phi) is 3.92. The summed E-state index contributed by atoms with van der Waals surface area (Å²) in [6.07, 6.45) is 0.388. The number of alkyl halides is 1. The van der Waals surface area contributed by atoms with E-state index in [1.54, 1.807) is 18.2 Å². The number of benzene rings is 1. The summed E-state index contributed by atoms with van der Waals surface area (Å²) in [5, 5.41) is 8.97. The first-order chi connectivity index (χ1) is 7.30. The molecule has 0 saturated carbocycles. The average Bonchev–Trinajstić information content (AvgIpc) is 2.14. The van der Waals surface area contributed by atoms with E-state index in [1.165, 1.54) is 13.8 Å². The molecule has 0 fully saturated rings. The van der Waals surface area contributed by atoms with Gasteiger partial charge in [0.15, 0.2) is 0 Å². The van der Waals surface area contributed by atoms with Crippen molar-refractivity contribution in [2.24, 2.45) is 0 Å². The molecule has 1 aromatic rings. The van der Waals surface area contributed by atoms with Crippen LogP contribution in [0.25, 0.3) is 0 Å². The first-order valence-corrected chi connectivity index (χ1v) is 5.38. The fourth-order valence-electron chi connectivity index (χ4n) is 1.36. The summed E-state index contributed by atoms with van der Waals surface area (Å²) < 4.78 is 13.6. The molecule has 0 saturated heterocycles. The van der Waals surface area contributed by atoms with Crippen LogP contribution in [0, 0.1) is 0 Å². The highest BCUT2D eigenvalue weighted by atomic mass is 35.5. The second-order valence-electron chi connectivity index (χ2n) is 4.17. The lowest BCUT2D eigenvalue weighted by Crippen LogP contribution is -2.09. The predicted octanol–water partition coefficient (Wildman–Crippen LogP) is 3.56. The fourth-order valence-corrected chi connectivity index (χ4v) is 1.64. The van der Waals surface area contributed by atoms with Gasteiger partial charge in [-0.05, 0) is 37.5 Å². The SMILES string of the molecule is CC(C)(F)c1ccc(CCC(=O)O)c(Cl)c1. The van der Waals surface area contributed by atoms with E-state index >= 15 is 0 Å². The molecule has 0 aromatic heterocycles. The van der Waals surface area contributed by atoms with Crippen molar-refractivity contribution < 1.29 is 14.3 Å². The third kappa shape index (κ3) is 3.49. The summed E-state index contributed by atoms with van der Waals surface area (Å²) in [5.74, 6) is -0.869. The molecule has 1 N–H and O–H groups in total. The van der Waals surface area contributed by atoms with Crippen LogP contribution >= 0.6 is 11.6 Å². The van der Waals surface area contributed by atoms with Gasteiger partial charge in [-0.15, -0.1) is 0 Å². The van der Waals surface area contributed by atoms with Crippen LogP contribution in [-0.2, 0) is 16.9 Å². The molecule has 4 heteroatoms. The van der Waals surface area contributed by atoms with Gasteiger partial charge in [-0.3, -0.25) is 4.79 Å². The lowest BCUT2D eigenvalue weighted by molar-refractivity contribution is -0.136. The van der Waals surface area contributed by atoms with Crippen LogP contribution in [-0.4, -0.2) is 11.1 Å². The lowest BCUT2D eigenvalue weighted by atomic mass is 9.98. The smallest absolute Gasteiger partial charge is 0.303 e. The number of carboxylic acid groups (broad SMARTS) is 1. The van der Waals surface area contributed by atoms with Gasteiger partial charge < -0.3 is 5.11 Å². The average molecular weight is 245 g/mol. The summed E-state index contributed by atoms with van der Waals surface area (Å²) in [6.45, 7) is 2.91. The van der Waals surface area contributed by atoms with Gasteiger partial charge in [-0.1, -0.05) is 23.7 Å². The van der Waals surface area contributed by atoms with Crippen molar-refractivity contribution >= 4 is 17.6 Å². The molecule has 0 unspecified atom stereocenters. The van der Waals surface area contributed by atoms with Crippen molar-refractivity contribution in [3.63, 3.8) is 0 Å². The van der Waals surface area contributed by atoms with Gasteiger partial charge in [0.25, 0.3) is 0 Å². The van der Waals surface area contributed by atoms with Crippen LogP contribution in [0.3, 0.4) is 0 Å². The topological polar surface area (TPSA) is 37.3 Å². The summed E-state index contributed by atoms with van der Waals surface area (Å²) in [7, 11) is 0. The Morgan fingerprint density at radius 2 is 2.12 bits per heavy atom. The number of hydrogen-bond acceptors (Lipinski definition) is 1. The van der Waals surface area contributed by atoms with Crippen LogP contribution in [0.2, 0.25) is 5.02 Å². The van der Waals surface area contributed by atoms with Crippen LogP contribution in [0.1, 0.15) is 31.4 Å². The summed E-state index contributed by atoms with van der Waals surface area (Å²) in [4.78, 5) is 10.4. The Morgan fingerprint density at radius 1 is 1.50 bits per heavy atom. The quantitative estimate of drug-likeness (QED) is 0.879. The van der Waals surface area contributed by atoms with E-state index in [-0.39, 0.29) is 6.42 Å². The van der Waals surface area contributed by atoms with E-state index in [0.717, 1.165) is 5.56 Å².